The van der Waals surface area contributed by atoms with Crippen molar-refractivity contribution in [1.29, 1.82) is 0 Å². The van der Waals surface area contributed by atoms with E-state index in [-0.39, 0.29) is 12.5 Å². The second kappa shape index (κ2) is 11.3. The van der Waals surface area contributed by atoms with E-state index in [2.05, 4.69) is 21.2 Å². The van der Waals surface area contributed by atoms with Crippen LogP contribution in [-0.2, 0) is 26.2 Å². The Morgan fingerprint density at radius 1 is 1.12 bits per heavy atom. The van der Waals surface area contributed by atoms with Crippen LogP contribution in [0.4, 0.5) is 5.69 Å². The number of amides is 2. The Hall–Kier alpha value is -1.81. The summed E-state index contributed by atoms with van der Waals surface area (Å²) in [4.78, 5) is 27.8. The number of carbonyl (C=O) groups is 2. The van der Waals surface area contributed by atoms with Crippen LogP contribution >= 0.6 is 39.1 Å². The lowest BCUT2D eigenvalue weighted by Gasteiger charge is -2.33. The van der Waals surface area contributed by atoms with Crippen LogP contribution in [0.25, 0.3) is 0 Å². The van der Waals surface area contributed by atoms with Gasteiger partial charge in [0.25, 0.3) is 0 Å². The van der Waals surface area contributed by atoms with Gasteiger partial charge in [0.2, 0.25) is 21.8 Å². The minimum Gasteiger partial charge on any atom is -0.350 e. The summed E-state index contributed by atoms with van der Waals surface area (Å²) in [7, 11) is -3.80. The van der Waals surface area contributed by atoms with E-state index < -0.39 is 34.1 Å². The Morgan fingerprint density at radius 3 is 2.29 bits per heavy atom. The molecule has 2 rings (SSSR count). The highest BCUT2D eigenvalue weighted by Gasteiger charge is 2.31. The number of hydrogen-bond acceptors (Lipinski definition) is 4. The highest BCUT2D eigenvalue weighted by atomic mass is 79.9. The molecule has 7 nitrogen and oxygen atoms in total. The van der Waals surface area contributed by atoms with E-state index in [4.69, 9.17) is 23.2 Å². The number of carbonyl (C=O) groups excluding carboxylic acids is 2. The van der Waals surface area contributed by atoms with Crippen LogP contribution in [0, 0.1) is 0 Å². The maximum absolute atomic E-state index is 13.5. The van der Waals surface area contributed by atoms with Gasteiger partial charge in [-0.2, -0.15) is 0 Å². The van der Waals surface area contributed by atoms with Gasteiger partial charge < -0.3 is 10.2 Å². The molecule has 0 heterocycles. The minimum atomic E-state index is -3.80. The van der Waals surface area contributed by atoms with Gasteiger partial charge in [0.05, 0.1) is 11.9 Å². The molecule has 186 valence electrons. The molecule has 0 fully saturated rings. The summed E-state index contributed by atoms with van der Waals surface area (Å²) in [6.07, 6.45) is 1.03. The van der Waals surface area contributed by atoms with Crippen LogP contribution in [0.3, 0.4) is 0 Å². The van der Waals surface area contributed by atoms with Gasteiger partial charge in [-0.1, -0.05) is 51.3 Å². The zero-order valence-electron chi connectivity index (χ0n) is 19.6. The Bertz CT molecular complexity index is 1170. The molecule has 2 aromatic rings. The van der Waals surface area contributed by atoms with Crippen LogP contribution in [-0.4, -0.2) is 49.5 Å². The third-order valence-corrected chi connectivity index (χ3v) is 7.02. The number of anilines is 1. The van der Waals surface area contributed by atoms with Crippen LogP contribution in [0.2, 0.25) is 10.0 Å². The first-order valence-corrected chi connectivity index (χ1v) is 13.8. The fraction of sp³-hybridized carbons (Fsp3) is 0.391. The molecule has 1 unspecified atom stereocenters. The van der Waals surface area contributed by atoms with Gasteiger partial charge in [0.15, 0.2) is 0 Å². The maximum atomic E-state index is 13.5. The fourth-order valence-corrected chi connectivity index (χ4v) is 4.83. The summed E-state index contributed by atoms with van der Waals surface area (Å²) in [6.45, 7) is 6.58. The van der Waals surface area contributed by atoms with Crippen LogP contribution in [0.15, 0.2) is 46.9 Å². The molecule has 0 aliphatic rings. The largest absolute Gasteiger partial charge is 0.350 e. The summed E-state index contributed by atoms with van der Waals surface area (Å²) >= 11 is 15.6. The molecule has 0 spiro atoms. The number of sulfonamides is 1. The average molecular weight is 593 g/mol. The normalized spacial score (nSPS) is 12.7. The predicted molar refractivity (Wildman–Crippen MR) is 141 cm³/mol. The highest BCUT2D eigenvalue weighted by Crippen LogP contribution is 2.25. The number of benzene rings is 2. The number of rotatable bonds is 8. The second-order valence-electron chi connectivity index (χ2n) is 8.92. The number of nitrogens with zero attached hydrogens (tertiary/aromatic N) is 2. The Labute approximate surface area is 219 Å². The van der Waals surface area contributed by atoms with E-state index in [1.807, 2.05) is 20.8 Å². The molecule has 34 heavy (non-hydrogen) atoms. The molecule has 0 saturated carbocycles. The van der Waals surface area contributed by atoms with Crippen molar-refractivity contribution in [1.82, 2.24) is 10.2 Å². The zero-order valence-corrected chi connectivity index (χ0v) is 23.5. The molecule has 0 radical (unpaired) electrons. The molecule has 0 aliphatic heterocycles. The van der Waals surface area contributed by atoms with Crippen LogP contribution in [0.1, 0.15) is 33.3 Å². The van der Waals surface area contributed by atoms with Gasteiger partial charge in [-0.25, -0.2) is 8.42 Å². The molecule has 1 N–H and O–H groups in total. The highest BCUT2D eigenvalue weighted by molar-refractivity contribution is 9.10. The van der Waals surface area contributed by atoms with E-state index in [1.54, 1.807) is 49.4 Å². The molecule has 2 amide bonds. The minimum absolute atomic E-state index is 0.0103. The smallest absolute Gasteiger partial charge is 0.244 e. The van der Waals surface area contributed by atoms with Gasteiger partial charge in [-0.05, 0) is 63.6 Å². The van der Waals surface area contributed by atoms with Crippen molar-refractivity contribution < 1.29 is 18.0 Å². The lowest BCUT2D eigenvalue weighted by atomic mass is 10.1. The first kappa shape index (κ1) is 28.4. The lowest BCUT2D eigenvalue weighted by Crippen LogP contribution is -2.54. The molecule has 0 aliphatic carbocycles. The first-order chi connectivity index (χ1) is 15.6. The zero-order chi connectivity index (χ0) is 25.8. The molecule has 2 aromatic carbocycles. The molecule has 11 heteroatoms. The topological polar surface area (TPSA) is 86.8 Å². The van der Waals surface area contributed by atoms with Gasteiger partial charge >= 0.3 is 0 Å². The standard InChI is InChI=1S/C23H28BrCl2N3O4S/c1-15(22(31)27-23(2,3)4)28(13-16-9-10-18(25)12-20(16)26)21(30)14-29(34(5,32)33)19-8-6-7-17(24)11-19/h6-12,15H,13-14H2,1-5H3,(H,27,31). The summed E-state index contributed by atoms with van der Waals surface area (Å²) in [5.41, 5.74) is 0.372. The van der Waals surface area contributed by atoms with E-state index in [0.717, 1.165) is 10.6 Å². The van der Waals surface area contributed by atoms with Crippen molar-refractivity contribution in [2.75, 3.05) is 17.1 Å². The summed E-state index contributed by atoms with van der Waals surface area (Å²) in [6, 6.07) is 10.6. The first-order valence-electron chi connectivity index (χ1n) is 10.4. The van der Waals surface area contributed by atoms with Gasteiger partial charge in [0, 0.05) is 26.6 Å². The lowest BCUT2D eigenvalue weighted by molar-refractivity contribution is -0.140. The quantitative estimate of drug-likeness (QED) is 0.474. The Morgan fingerprint density at radius 2 is 1.76 bits per heavy atom. The summed E-state index contributed by atoms with van der Waals surface area (Å²) in [5, 5.41) is 3.63. The van der Waals surface area contributed by atoms with Crippen molar-refractivity contribution in [3.8, 4) is 0 Å². The van der Waals surface area contributed by atoms with E-state index in [1.165, 1.54) is 4.90 Å². The van der Waals surface area contributed by atoms with Crippen molar-refractivity contribution in [3.05, 3.63) is 62.5 Å². The molecule has 0 saturated heterocycles. The van der Waals surface area contributed by atoms with E-state index >= 15 is 0 Å². The monoisotopic (exact) mass is 591 g/mol. The molecular weight excluding hydrogens is 565 g/mol. The van der Waals surface area contributed by atoms with Gasteiger partial charge in [-0.3, -0.25) is 13.9 Å². The third-order valence-electron chi connectivity index (χ3n) is 4.80. The third kappa shape index (κ3) is 8.15. The maximum Gasteiger partial charge on any atom is 0.244 e. The fourth-order valence-electron chi connectivity index (χ4n) is 3.14. The summed E-state index contributed by atoms with van der Waals surface area (Å²) in [5.74, 6) is -0.938. The van der Waals surface area contributed by atoms with E-state index in [9.17, 15) is 18.0 Å². The Balaban J connectivity index is 2.44. The predicted octanol–water partition coefficient (Wildman–Crippen LogP) is 4.85. The molecular formula is C23H28BrCl2N3O4S. The average Bonchev–Trinajstić information content (AvgIpc) is 2.68. The molecule has 0 bridgehead atoms. The van der Waals surface area contributed by atoms with Crippen LogP contribution in [0.5, 0.6) is 0 Å². The van der Waals surface area contributed by atoms with Crippen LogP contribution < -0.4 is 9.62 Å². The van der Waals surface area contributed by atoms with E-state index in [0.29, 0.717) is 25.8 Å². The van der Waals surface area contributed by atoms with Crippen molar-refractivity contribution in [3.63, 3.8) is 0 Å². The number of nitrogens with one attached hydrogen (secondary N) is 1. The Kier molecular flexibility index (Phi) is 9.44. The molecule has 0 aromatic heterocycles. The summed E-state index contributed by atoms with van der Waals surface area (Å²) < 4.78 is 26.8. The van der Waals surface area contributed by atoms with Crippen molar-refractivity contribution >= 4 is 66.7 Å². The van der Waals surface area contributed by atoms with Crippen molar-refractivity contribution in [2.45, 2.75) is 45.8 Å². The van der Waals surface area contributed by atoms with Crippen molar-refractivity contribution in [2.24, 2.45) is 0 Å². The SMILES string of the molecule is CC(C(=O)NC(C)(C)C)N(Cc1ccc(Cl)cc1Cl)C(=O)CN(c1cccc(Br)c1)S(C)(=O)=O. The van der Waals surface area contributed by atoms with Gasteiger partial charge in [0.1, 0.15) is 12.6 Å². The number of halogens is 3. The molecule has 1 atom stereocenters. The second-order valence-corrected chi connectivity index (χ2v) is 12.6. The number of hydrogen-bond donors (Lipinski definition) is 1. The van der Waals surface area contributed by atoms with Gasteiger partial charge in [-0.15, -0.1) is 0 Å².